The predicted molar refractivity (Wildman–Crippen MR) is 70.5 cm³/mol. The second kappa shape index (κ2) is 5.63. The van der Waals surface area contributed by atoms with Gasteiger partial charge < -0.3 is 4.90 Å². The summed E-state index contributed by atoms with van der Waals surface area (Å²) in [5, 5.41) is 0. The minimum absolute atomic E-state index is 0.109. The molecule has 1 aromatic rings. The highest BCUT2D eigenvalue weighted by molar-refractivity contribution is 9.10. The summed E-state index contributed by atoms with van der Waals surface area (Å²) in [6.45, 7) is 6.08. The molecule has 0 heterocycles. The summed E-state index contributed by atoms with van der Waals surface area (Å²) in [4.78, 5) is 13.8. The van der Waals surface area contributed by atoms with E-state index in [4.69, 9.17) is 0 Å². The molecular formula is C13H17BrFNO. The van der Waals surface area contributed by atoms with Crippen LogP contribution >= 0.6 is 15.9 Å². The van der Waals surface area contributed by atoms with Crippen molar-refractivity contribution in [1.29, 1.82) is 0 Å². The summed E-state index contributed by atoms with van der Waals surface area (Å²) in [6, 6.07) is 4.25. The largest absolute Gasteiger partial charge is 0.339 e. The summed E-state index contributed by atoms with van der Waals surface area (Å²) in [7, 11) is 1.74. The molecule has 0 N–H and O–H groups in total. The Hall–Kier alpha value is -0.900. The Bertz CT molecular complexity index is 420. The monoisotopic (exact) mass is 301 g/mol. The van der Waals surface area contributed by atoms with Crippen LogP contribution in [-0.4, -0.2) is 23.9 Å². The maximum absolute atomic E-state index is 13.1. The zero-order valence-electron chi connectivity index (χ0n) is 10.5. The van der Waals surface area contributed by atoms with Crippen LogP contribution in [0.4, 0.5) is 4.39 Å². The number of carbonyl (C=O) groups excluding carboxylic acids is 1. The predicted octanol–water partition coefficient (Wildman–Crippen LogP) is 3.70. The smallest absolute Gasteiger partial charge is 0.255 e. The highest BCUT2D eigenvalue weighted by Crippen LogP contribution is 2.21. The summed E-state index contributed by atoms with van der Waals surface area (Å²) >= 11 is 3.27. The lowest BCUT2D eigenvalue weighted by Gasteiger charge is -2.28. The van der Waals surface area contributed by atoms with E-state index in [1.165, 1.54) is 12.1 Å². The molecule has 0 aliphatic carbocycles. The molecule has 0 aliphatic heterocycles. The highest BCUT2D eigenvalue weighted by Gasteiger charge is 2.21. The zero-order valence-corrected chi connectivity index (χ0v) is 12.1. The number of halogens is 2. The fraction of sp³-hybridized carbons (Fsp3) is 0.462. The molecule has 0 bridgehead atoms. The molecule has 0 spiro atoms. The first-order valence-corrected chi connectivity index (χ1v) is 6.36. The summed E-state index contributed by atoms with van der Waals surface area (Å²) in [6.07, 6.45) is 0. The van der Waals surface area contributed by atoms with Crippen molar-refractivity contribution >= 4 is 21.8 Å². The molecule has 4 heteroatoms. The quantitative estimate of drug-likeness (QED) is 0.833. The Kier molecular flexibility index (Phi) is 4.69. The average molecular weight is 302 g/mol. The topological polar surface area (TPSA) is 20.3 Å². The maximum Gasteiger partial charge on any atom is 0.255 e. The lowest BCUT2D eigenvalue weighted by atomic mass is 10.0. The van der Waals surface area contributed by atoms with E-state index in [-0.39, 0.29) is 11.9 Å². The number of nitrogens with zero attached hydrogens (tertiary/aromatic N) is 1. The summed E-state index contributed by atoms with van der Waals surface area (Å²) < 4.78 is 13.8. The van der Waals surface area contributed by atoms with Crippen molar-refractivity contribution in [2.24, 2.45) is 5.92 Å². The van der Waals surface area contributed by atoms with E-state index < -0.39 is 5.82 Å². The average Bonchev–Trinajstić information content (AvgIpc) is 2.29. The van der Waals surface area contributed by atoms with Crippen LogP contribution in [0.25, 0.3) is 0 Å². The molecule has 2 nitrogen and oxygen atoms in total. The van der Waals surface area contributed by atoms with Crippen LogP contribution in [-0.2, 0) is 0 Å². The molecule has 1 unspecified atom stereocenters. The number of benzene rings is 1. The van der Waals surface area contributed by atoms with E-state index in [9.17, 15) is 9.18 Å². The first-order valence-electron chi connectivity index (χ1n) is 5.56. The van der Waals surface area contributed by atoms with Crippen LogP contribution in [0, 0.1) is 11.7 Å². The molecule has 0 aromatic heterocycles. The molecule has 1 atom stereocenters. The first-order chi connectivity index (χ1) is 7.84. The van der Waals surface area contributed by atoms with Gasteiger partial charge in [-0.05, 0) is 47.0 Å². The van der Waals surface area contributed by atoms with Gasteiger partial charge in [-0.1, -0.05) is 13.8 Å². The van der Waals surface area contributed by atoms with Gasteiger partial charge in [0, 0.05) is 17.6 Å². The second-order valence-electron chi connectivity index (χ2n) is 4.52. The van der Waals surface area contributed by atoms with Gasteiger partial charge in [-0.15, -0.1) is 0 Å². The maximum atomic E-state index is 13.1. The minimum Gasteiger partial charge on any atom is -0.339 e. The van der Waals surface area contributed by atoms with Gasteiger partial charge in [0.1, 0.15) is 5.82 Å². The second-order valence-corrected chi connectivity index (χ2v) is 5.38. The molecule has 1 amide bonds. The first kappa shape index (κ1) is 14.2. The van der Waals surface area contributed by atoms with Gasteiger partial charge in [0.05, 0.1) is 5.56 Å². The van der Waals surface area contributed by atoms with Gasteiger partial charge in [-0.2, -0.15) is 0 Å². The molecule has 0 saturated heterocycles. The van der Waals surface area contributed by atoms with Crippen LogP contribution < -0.4 is 0 Å². The van der Waals surface area contributed by atoms with Crippen molar-refractivity contribution in [3.8, 4) is 0 Å². The molecule has 0 fully saturated rings. The van der Waals surface area contributed by atoms with Gasteiger partial charge in [-0.3, -0.25) is 4.79 Å². The third kappa shape index (κ3) is 3.28. The molecule has 17 heavy (non-hydrogen) atoms. The number of rotatable bonds is 3. The van der Waals surface area contributed by atoms with Crippen LogP contribution in [0.3, 0.4) is 0 Å². The van der Waals surface area contributed by atoms with Gasteiger partial charge >= 0.3 is 0 Å². The van der Waals surface area contributed by atoms with Gasteiger partial charge in [0.2, 0.25) is 0 Å². The molecule has 0 radical (unpaired) electrons. The molecule has 0 saturated carbocycles. The highest BCUT2D eigenvalue weighted by atomic mass is 79.9. The van der Waals surface area contributed by atoms with Crippen LogP contribution in [0.15, 0.2) is 22.7 Å². The standard InChI is InChI=1S/C13H17BrFNO/c1-8(2)9(3)16(4)13(17)11-7-10(15)5-6-12(11)14/h5-9H,1-4H3. The molecule has 0 aliphatic rings. The third-order valence-electron chi connectivity index (χ3n) is 3.05. The Morgan fingerprint density at radius 2 is 1.94 bits per heavy atom. The number of carbonyl (C=O) groups is 1. The SMILES string of the molecule is CC(C)C(C)N(C)C(=O)c1cc(F)ccc1Br. The molecule has 94 valence electrons. The Morgan fingerprint density at radius 3 is 2.47 bits per heavy atom. The summed E-state index contributed by atoms with van der Waals surface area (Å²) in [5.74, 6) is -0.212. The number of hydrogen-bond donors (Lipinski definition) is 0. The minimum atomic E-state index is -0.401. The van der Waals surface area contributed by atoms with E-state index in [2.05, 4.69) is 29.8 Å². The van der Waals surface area contributed by atoms with Crippen molar-refractivity contribution in [3.63, 3.8) is 0 Å². The normalized spacial score (nSPS) is 12.6. The molecule has 1 rings (SSSR count). The van der Waals surface area contributed by atoms with Gasteiger partial charge in [-0.25, -0.2) is 4.39 Å². The van der Waals surface area contributed by atoms with Crippen molar-refractivity contribution in [1.82, 2.24) is 4.90 Å². The Labute approximate surface area is 110 Å². The molecule has 1 aromatic carbocycles. The zero-order chi connectivity index (χ0) is 13.2. The lowest BCUT2D eigenvalue weighted by Crippen LogP contribution is -2.38. The number of hydrogen-bond acceptors (Lipinski definition) is 1. The number of amides is 1. The van der Waals surface area contributed by atoms with E-state index in [0.29, 0.717) is 16.0 Å². The Morgan fingerprint density at radius 1 is 1.35 bits per heavy atom. The van der Waals surface area contributed by atoms with Crippen LogP contribution in [0.1, 0.15) is 31.1 Å². The lowest BCUT2D eigenvalue weighted by molar-refractivity contribution is 0.0705. The fourth-order valence-corrected chi connectivity index (χ4v) is 1.90. The van der Waals surface area contributed by atoms with Crippen molar-refractivity contribution < 1.29 is 9.18 Å². The van der Waals surface area contributed by atoms with Crippen LogP contribution in [0.2, 0.25) is 0 Å². The van der Waals surface area contributed by atoms with E-state index in [1.807, 2.05) is 6.92 Å². The van der Waals surface area contributed by atoms with Gasteiger partial charge in [0.15, 0.2) is 0 Å². The van der Waals surface area contributed by atoms with Crippen molar-refractivity contribution in [2.45, 2.75) is 26.8 Å². The van der Waals surface area contributed by atoms with E-state index >= 15 is 0 Å². The molecular weight excluding hydrogens is 285 g/mol. The summed E-state index contributed by atoms with van der Waals surface area (Å²) in [5.41, 5.74) is 0.361. The third-order valence-corrected chi connectivity index (χ3v) is 3.75. The van der Waals surface area contributed by atoms with E-state index in [1.54, 1.807) is 18.0 Å². The van der Waals surface area contributed by atoms with Crippen LogP contribution in [0.5, 0.6) is 0 Å². The Balaban J connectivity index is 3.00. The van der Waals surface area contributed by atoms with Gasteiger partial charge in [0.25, 0.3) is 5.91 Å². The fourth-order valence-electron chi connectivity index (χ4n) is 1.48. The van der Waals surface area contributed by atoms with Crippen molar-refractivity contribution in [3.05, 3.63) is 34.1 Å². The van der Waals surface area contributed by atoms with E-state index in [0.717, 1.165) is 0 Å². The van der Waals surface area contributed by atoms with Crippen molar-refractivity contribution in [2.75, 3.05) is 7.05 Å².